The molecule has 0 aliphatic heterocycles. The van der Waals surface area contributed by atoms with Gasteiger partial charge >= 0.3 is 11.9 Å². The number of aromatic nitrogens is 2. The molecule has 16 nitrogen and oxygen atoms in total. The summed E-state index contributed by atoms with van der Waals surface area (Å²) in [5, 5.41) is 63.1. The number of pyridine rings is 2. The first-order valence-corrected chi connectivity index (χ1v) is 17.5. The van der Waals surface area contributed by atoms with Gasteiger partial charge in [-0.05, 0) is 59.4 Å². The lowest BCUT2D eigenvalue weighted by Crippen LogP contribution is -2.28. The van der Waals surface area contributed by atoms with Crippen LogP contribution in [0.1, 0.15) is 57.3 Å². The fraction of sp³-hybridized carbons (Fsp3) is 0.350. The average Bonchev–Trinajstić information content (AvgIpc) is 3.16. The SMILES string of the molecule is COc1nc(OCc2cccc(-c3cccc(COc4nc(OC)c(CNC[C@@H](O)CC(=O)O)cc4C#N)c3C)c2C)c(C#N)cc1CNC[C@@H](O)CC(=O)O. The minimum Gasteiger partial charge on any atom is -0.481 e. The molecule has 0 fully saturated rings. The van der Waals surface area contributed by atoms with Gasteiger partial charge < -0.3 is 50.0 Å². The molecule has 0 amide bonds. The van der Waals surface area contributed by atoms with Crippen molar-refractivity contribution in [3.8, 4) is 46.8 Å². The topological polar surface area (TPSA) is 249 Å². The molecule has 2 heterocycles. The number of nitrogens with zero attached hydrogens (tertiary/aromatic N) is 4. The molecule has 0 unspecified atom stereocenters. The number of methoxy groups -OCH3 is 2. The molecule has 0 saturated heterocycles. The van der Waals surface area contributed by atoms with Gasteiger partial charge in [0.1, 0.15) is 36.5 Å². The summed E-state index contributed by atoms with van der Waals surface area (Å²) in [5.74, 6) is -1.62. The van der Waals surface area contributed by atoms with E-state index in [0.717, 1.165) is 33.4 Å². The molecule has 2 aromatic carbocycles. The molecule has 0 saturated carbocycles. The van der Waals surface area contributed by atoms with E-state index in [0.29, 0.717) is 11.1 Å². The summed E-state index contributed by atoms with van der Waals surface area (Å²) in [6, 6.07) is 19.0. The van der Waals surface area contributed by atoms with Gasteiger partial charge in [0.25, 0.3) is 0 Å². The van der Waals surface area contributed by atoms with E-state index in [2.05, 4.69) is 32.7 Å². The van der Waals surface area contributed by atoms with Crippen molar-refractivity contribution in [1.82, 2.24) is 20.6 Å². The van der Waals surface area contributed by atoms with Gasteiger partial charge in [-0.1, -0.05) is 36.4 Å². The Morgan fingerprint density at radius 1 is 0.679 bits per heavy atom. The minimum atomic E-state index is -1.11. The second kappa shape index (κ2) is 20.4. The summed E-state index contributed by atoms with van der Waals surface area (Å²) in [5.41, 5.74) is 6.92. The Balaban J connectivity index is 1.48. The lowest BCUT2D eigenvalue weighted by Gasteiger charge is -2.18. The standard InChI is InChI=1S/C40H44N6O10/c1-23-25(21-55-39-27(15-41)11-29(37(45-39)53-3)17-43-19-31(47)13-35(49)50)7-5-9-33(23)34-10-6-8-26(24(34)2)22-56-40-28(16-42)12-30(38(46-40)54-4)18-44-20-32(48)14-36(51)52/h5-12,31-32,43-44,47-48H,13-14,17-22H2,1-4H3,(H,49,50)(H,51,52)/t31-,32-/m0/s1. The predicted molar refractivity (Wildman–Crippen MR) is 201 cm³/mol. The Morgan fingerprint density at radius 2 is 1.07 bits per heavy atom. The van der Waals surface area contributed by atoms with Crippen LogP contribution >= 0.6 is 0 Å². The number of aliphatic carboxylic acids is 2. The summed E-state index contributed by atoms with van der Waals surface area (Å²) in [6.45, 7) is 4.54. The number of aliphatic hydroxyl groups excluding tert-OH is 2. The first-order chi connectivity index (χ1) is 26.9. The molecule has 0 bridgehead atoms. The highest BCUT2D eigenvalue weighted by atomic mass is 16.5. The number of ether oxygens (including phenoxy) is 4. The number of carboxylic acids is 2. The number of nitriles is 2. The number of benzene rings is 2. The minimum absolute atomic E-state index is 0.0233. The third-order valence-electron chi connectivity index (χ3n) is 8.80. The third-order valence-corrected chi connectivity index (χ3v) is 8.80. The highest BCUT2D eigenvalue weighted by Crippen LogP contribution is 2.33. The van der Waals surface area contributed by atoms with Gasteiger partial charge in [-0.3, -0.25) is 9.59 Å². The third kappa shape index (κ3) is 11.4. The van der Waals surface area contributed by atoms with Crippen molar-refractivity contribution < 1.29 is 49.0 Å². The molecule has 0 spiro atoms. The van der Waals surface area contributed by atoms with Gasteiger partial charge in [-0.15, -0.1) is 0 Å². The molecule has 56 heavy (non-hydrogen) atoms. The number of hydrogen-bond acceptors (Lipinski definition) is 14. The summed E-state index contributed by atoms with van der Waals surface area (Å²) < 4.78 is 23.0. The van der Waals surface area contributed by atoms with Crippen LogP contribution < -0.4 is 29.6 Å². The second-order valence-corrected chi connectivity index (χ2v) is 12.8. The first kappa shape index (κ1) is 42.4. The van der Waals surface area contributed by atoms with E-state index in [9.17, 15) is 30.3 Å². The lowest BCUT2D eigenvalue weighted by molar-refractivity contribution is -0.140. The van der Waals surface area contributed by atoms with Gasteiger partial charge in [0.2, 0.25) is 23.5 Å². The normalized spacial score (nSPS) is 11.9. The van der Waals surface area contributed by atoms with Crippen molar-refractivity contribution in [2.24, 2.45) is 0 Å². The summed E-state index contributed by atoms with van der Waals surface area (Å²) in [4.78, 5) is 30.5. The molecular formula is C40H44N6O10. The van der Waals surface area contributed by atoms with Crippen LogP contribution in [0.3, 0.4) is 0 Å². The zero-order chi connectivity index (χ0) is 40.8. The Kier molecular flexibility index (Phi) is 15.5. The van der Waals surface area contributed by atoms with E-state index in [4.69, 9.17) is 29.2 Å². The Bertz CT molecular complexity index is 1960. The van der Waals surface area contributed by atoms with E-state index >= 15 is 0 Å². The smallest absolute Gasteiger partial charge is 0.306 e. The van der Waals surface area contributed by atoms with Crippen molar-refractivity contribution in [2.45, 2.75) is 65.2 Å². The zero-order valence-corrected chi connectivity index (χ0v) is 31.5. The van der Waals surface area contributed by atoms with Crippen LogP contribution in [0.4, 0.5) is 0 Å². The quantitative estimate of drug-likeness (QED) is 0.0709. The van der Waals surface area contributed by atoms with Crippen molar-refractivity contribution in [2.75, 3.05) is 27.3 Å². The summed E-state index contributed by atoms with van der Waals surface area (Å²) in [7, 11) is 2.87. The van der Waals surface area contributed by atoms with Crippen molar-refractivity contribution in [1.29, 1.82) is 10.5 Å². The number of hydrogen-bond donors (Lipinski definition) is 6. The predicted octanol–water partition coefficient (Wildman–Crippen LogP) is 3.53. The summed E-state index contributed by atoms with van der Waals surface area (Å²) in [6.07, 6.45) is -2.96. The number of aliphatic hydroxyl groups is 2. The van der Waals surface area contributed by atoms with Crippen molar-refractivity contribution in [3.63, 3.8) is 0 Å². The van der Waals surface area contributed by atoms with Crippen LogP contribution in [-0.4, -0.2) is 81.8 Å². The molecule has 0 radical (unpaired) electrons. The van der Waals surface area contributed by atoms with Gasteiger partial charge in [0.05, 0.1) is 39.3 Å². The van der Waals surface area contributed by atoms with Gasteiger partial charge in [-0.25, -0.2) is 0 Å². The fourth-order valence-electron chi connectivity index (χ4n) is 5.88. The van der Waals surface area contributed by atoms with E-state index < -0.39 is 37.0 Å². The highest BCUT2D eigenvalue weighted by Gasteiger charge is 2.19. The largest absolute Gasteiger partial charge is 0.481 e. The fourth-order valence-corrected chi connectivity index (χ4v) is 5.88. The molecule has 2 aromatic heterocycles. The molecule has 2 atom stereocenters. The van der Waals surface area contributed by atoms with E-state index in [1.54, 1.807) is 12.1 Å². The van der Waals surface area contributed by atoms with Gasteiger partial charge in [0, 0.05) is 37.3 Å². The van der Waals surface area contributed by atoms with E-state index in [1.165, 1.54) is 14.2 Å². The zero-order valence-electron chi connectivity index (χ0n) is 31.5. The van der Waals surface area contributed by atoms with Gasteiger partial charge in [0.15, 0.2) is 0 Å². The number of carboxylic acid groups (broad SMARTS) is 2. The second-order valence-electron chi connectivity index (χ2n) is 12.8. The van der Waals surface area contributed by atoms with Crippen LogP contribution in [0.2, 0.25) is 0 Å². The molecule has 4 aromatic rings. The molecule has 4 rings (SSSR count). The van der Waals surface area contributed by atoms with Crippen LogP contribution in [0.15, 0.2) is 48.5 Å². The van der Waals surface area contributed by atoms with Crippen molar-refractivity contribution in [3.05, 3.63) is 93.0 Å². The van der Waals surface area contributed by atoms with E-state index in [-0.39, 0.29) is 74.0 Å². The highest BCUT2D eigenvalue weighted by molar-refractivity contribution is 5.72. The molecule has 16 heteroatoms. The maximum absolute atomic E-state index is 10.8. The Morgan fingerprint density at radius 3 is 1.41 bits per heavy atom. The van der Waals surface area contributed by atoms with Crippen molar-refractivity contribution >= 4 is 11.9 Å². The van der Waals surface area contributed by atoms with Crippen LogP contribution in [0.25, 0.3) is 11.1 Å². The Hall–Kier alpha value is -6.30. The maximum Gasteiger partial charge on any atom is 0.306 e. The van der Waals surface area contributed by atoms with Crippen LogP contribution in [-0.2, 0) is 35.9 Å². The molecule has 0 aliphatic rings. The van der Waals surface area contributed by atoms with Crippen LogP contribution in [0, 0.1) is 36.5 Å². The molecule has 294 valence electrons. The molecular weight excluding hydrogens is 724 g/mol. The van der Waals surface area contributed by atoms with E-state index in [1.807, 2.05) is 50.2 Å². The Labute approximate surface area is 323 Å². The number of rotatable bonds is 21. The number of nitrogens with one attached hydrogen (secondary N) is 2. The average molecular weight is 769 g/mol. The monoisotopic (exact) mass is 768 g/mol. The van der Waals surface area contributed by atoms with Gasteiger partial charge in [-0.2, -0.15) is 20.5 Å². The molecule has 6 N–H and O–H groups in total. The number of carbonyl (C=O) groups is 2. The maximum atomic E-state index is 10.8. The summed E-state index contributed by atoms with van der Waals surface area (Å²) >= 11 is 0. The van der Waals surface area contributed by atoms with Crippen LogP contribution in [0.5, 0.6) is 23.5 Å². The molecule has 0 aliphatic carbocycles. The first-order valence-electron chi connectivity index (χ1n) is 17.5. The lowest BCUT2D eigenvalue weighted by atomic mass is 9.92.